The lowest BCUT2D eigenvalue weighted by molar-refractivity contribution is 0.611. The molecule has 25 nitrogen and oxygen atoms in total. The highest BCUT2D eigenvalue weighted by atomic mass is 35.5. The van der Waals surface area contributed by atoms with Crippen LogP contribution in [0.1, 0.15) is 58.7 Å². The molecule has 6 aliphatic rings. The monoisotopic (exact) mass is 1830 g/mol. The maximum atomic E-state index is 14.1. The summed E-state index contributed by atoms with van der Waals surface area (Å²) in [6, 6.07) is 88.1. The number of hydrogen-bond acceptors (Lipinski definition) is 25. The number of aryl methyl sites for hydroxylation is 3. The van der Waals surface area contributed by atoms with Crippen molar-refractivity contribution in [1.29, 1.82) is 0 Å². The zero-order valence-electron chi connectivity index (χ0n) is 75.2. The number of rotatable bonds is 14. The van der Waals surface area contributed by atoms with Crippen LogP contribution in [0.15, 0.2) is 335 Å². The average molecular weight is 1830 g/mol. The molecule has 0 bridgehead atoms. The van der Waals surface area contributed by atoms with Crippen molar-refractivity contribution >= 4 is 110 Å². The molecule has 0 spiro atoms. The van der Waals surface area contributed by atoms with Crippen molar-refractivity contribution in [2.24, 2.45) is 0 Å². The molecule has 27 heteroatoms. The molecule has 138 heavy (non-hydrogen) atoms. The Morgan fingerprint density at radius 3 is 1.16 bits per heavy atom. The third-order valence-electron chi connectivity index (χ3n) is 24.3. The molecule has 0 amide bonds. The maximum absolute atomic E-state index is 14.1. The molecular formula is C111H89ClFN25. The lowest BCUT2D eigenvalue weighted by Crippen LogP contribution is -2.07. The van der Waals surface area contributed by atoms with Crippen LogP contribution < -0.4 is 53.6 Å². The van der Waals surface area contributed by atoms with E-state index in [2.05, 4.69) is 195 Å². The average Bonchev–Trinajstić information content (AvgIpc) is 1.64. The fraction of sp³-hybridized carbons (Fsp3) is 0.0901. The van der Waals surface area contributed by atoms with E-state index in [1.54, 1.807) is 49.4 Å². The van der Waals surface area contributed by atoms with Crippen LogP contribution in [0.2, 0.25) is 5.02 Å². The zero-order chi connectivity index (χ0) is 93.4. The Hall–Kier alpha value is -17.9. The first kappa shape index (κ1) is 86.8. The summed E-state index contributed by atoms with van der Waals surface area (Å²) in [7, 11) is 0. The first-order valence-corrected chi connectivity index (χ1v) is 45.8. The van der Waals surface area contributed by atoms with Crippen LogP contribution in [0, 0.1) is 19.7 Å². The second-order valence-electron chi connectivity index (χ2n) is 33.4. The van der Waals surface area contributed by atoms with E-state index in [1.807, 2.05) is 208 Å². The molecule has 0 unspecified atom stereocenters. The van der Waals surface area contributed by atoms with Crippen LogP contribution in [0.4, 0.5) is 97.3 Å². The van der Waals surface area contributed by atoms with Crippen molar-refractivity contribution in [3.8, 4) is 112 Å². The zero-order valence-corrected chi connectivity index (χ0v) is 76.0. The van der Waals surface area contributed by atoms with Crippen LogP contribution in [0.5, 0.6) is 0 Å². The fourth-order valence-corrected chi connectivity index (χ4v) is 17.8. The molecule has 15 heterocycles. The molecule has 0 radical (unpaired) electrons. The Kier molecular flexibility index (Phi) is 24.6. The number of nitrogens with zero attached hydrogens (tertiary/aromatic N) is 15. The largest absolute Gasteiger partial charge is 0.368 e. The number of nitrogens with one attached hydrogen (secondary N) is 9. The lowest BCUT2D eigenvalue weighted by atomic mass is 10.00. The van der Waals surface area contributed by atoms with Crippen LogP contribution in [0.25, 0.3) is 117 Å². The second-order valence-corrected chi connectivity index (χ2v) is 33.8. The highest BCUT2D eigenvalue weighted by molar-refractivity contribution is 6.30. The SMILES string of the molecule is CCCc1ccc(Nc2ncc3c(n2)-c2cccnc2Nc2ccccc2-3)cc1.Cc1ccc(CNc2ncc3c(n2)-c2cccnc2Nc2ccccc2-3)c(F)c1.Cc1cccc2c1CC=C2CCNc1ncc2c(n1)-c1cccnc1Nc1ccccc1-2.Clc1cccc(CNc2ncc3c(n2)-c2cccnc2Nc2ccccc2-3)c1.Nc1ncc2c(n1)-c1cccnc1Nc1ccccc1-2. The third kappa shape index (κ3) is 18.5. The lowest BCUT2D eigenvalue weighted by Gasteiger charge is -2.12. The highest BCUT2D eigenvalue weighted by Crippen LogP contribution is 2.49. The van der Waals surface area contributed by atoms with Gasteiger partial charge in [-0.15, -0.1) is 0 Å². The van der Waals surface area contributed by atoms with Gasteiger partial charge in [0, 0.05) is 210 Å². The smallest absolute Gasteiger partial charge is 0.227 e. The number of nitrogens with two attached hydrogens (primary N) is 1. The Labute approximate surface area is 800 Å². The van der Waals surface area contributed by atoms with Crippen LogP contribution in [-0.4, -0.2) is 81.3 Å². The van der Waals surface area contributed by atoms with Gasteiger partial charge in [0.2, 0.25) is 29.7 Å². The molecule has 11 N–H and O–H groups in total. The number of allylic oxidation sites excluding steroid dienone is 1. The number of aromatic nitrogens is 15. The molecule has 5 aliphatic heterocycles. The Morgan fingerprint density at radius 2 is 0.725 bits per heavy atom. The van der Waals surface area contributed by atoms with Crippen molar-refractivity contribution in [3.63, 3.8) is 0 Å². The van der Waals surface area contributed by atoms with Crippen molar-refractivity contribution in [1.82, 2.24) is 74.8 Å². The molecule has 19 aromatic rings. The summed E-state index contributed by atoms with van der Waals surface area (Å²) in [6.45, 7) is 7.93. The van der Waals surface area contributed by atoms with Gasteiger partial charge in [-0.3, -0.25) is 0 Å². The number of hydrogen-bond donors (Lipinski definition) is 10. The van der Waals surface area contributed by atoms with Gasteiger partial charge in [-0.2, -0.15) is 0 Å². The number of benzene rings is 9. The Morgan fingerprint density at radius 1 is 0.341 bits per heavy atom. The van der Waals surface area contributed by atoms with E-state index in [0.29, 0.717) is 47.5 Å². The van der Waals surface area contributed by atoms with Crippen molar-refractivity contribution in [2.45, 2.75) is 59.5 Å². The van der Waals surface area contributed by atoms with Crippen LogP contribution in [0.3, 0.4) is 0 Å². The van der Waals surface area contributed by atoms with Gasteiger partial charge in [0.1, 0.15) is 34.9 Å². The second kappa shape index (κ2) is 39.1. The minimum atomic E-state index is -0.236. The first-order valence-electron chi connectivity index (χ1n) is 45.4. The normalized spacial score (nSPS) is 11.9. The number of para-hydroxylation sites is 5. The fourth-order valence-electron chi connectivity index (χ4n) is 17.6. The van der Waals surface area contributed by atoms with Crippen molar-refractivity contribution < 1.29 is 4.39 Å². The topological polar surface area (TPSA) is 328 Å². The molecular weight excluding hydrogens is 1740 g/mol. The van der Waals surface area contributed by atoms with Crippen LogP contribution >= 0.6 is 11.6 Å². The number of nitrogen functional groups attached to an aromatic ring is 1. The molecule has 1 aliphatic carbocycles. The van der Waals surface area contributed by atoms with Crippen molar-refractivity contribution in [2.75, 3.05) is 60.1 Å². The summed E-state index contributed by atoms with van der Waals surface area (Å²) in [5, 5.41) is 31.0. The predicted octanol–water partition coefficient (Wildman–Crippen LogP) is 25.7. The maximum Gasteiger partial charge on any atom is 0.227 e. The van der Waals surface area contributed by atoms with Gasteiger partial charge >= 0.3 is 0 Å². The van der Waals surface area contributed by atoms with E-state index in [9.17, 15) is 4.39 Å². The molecule has 0 fully saturated rings. The van der Waals surface area contributed by atoms with Gasteiger partial charge in [0.05, 0.1) is 28.5 Å². The van der Waals surface area contributed by atoms with Gasteiger partial charge in [-0.1, -0.05) is 177 Å². The molecule has 0 atom stereocenters. The van der Waals surface area contributed by atoms with Gasteiger partial charge in [0.25, 0.3) is 0 Å². The molecule has 0 saturated carbocycles. The summed E-state index contributed by atoms with van der Waals surface area (Å²) >= 11 is 6.07. The summed E-state index contributed by atoms with van der Waals surface area (Å²) in [4.78, 5) is 68.6. The van der Waals surface area contributed by atoms with E-state index in [4.69, 9.17) is 37.3 Å². The number of pyridine rings is 5. The molecule has 10 aromatic heterocycles. The summed E-state index contributed by atoms with van der Waals surface area (Å²) in [6.07, 6.45) is 24.7. The molecule has 9 aromatic carbocycles. The van der Waals surface area contributed by atoms with Gasteiger partial charge in [-0.25, -0.2) is 79.2 Å². The van der Waals surface area contributed by atoms with E-state index in [0.717, 1.165) is 218 Å². The van der Waals surface area contributed by atoms with E-state index in [1.165, 1.54) is 33.9 Å². The van der Waals surface area contributed by atoms with E-state index < -0.39 is 0 Å². The van der Waals surface area contributed by atoms with E-state index in [-0.39, 0.29) is 11.8 Å². The predicted molar refractivity (Wildman–Crippen MR) is 551 cm³/mol. The first-order chi connectivity index (χ1) is 67.9. The molecule has 25 rings (SSSR count). The minimum absolute atomic E-state index is 0.236. The molecule has 0 saturated heterocycles. The summed E-state index contributed by atoms with van der Waals surface area (Å²) in [5.41, 5.74) is 40.2. The standard InChI is InChI=1S/C27H23N5.C24H21N5.C23H18FN5.C22H16ClN5.C15H11N5/c1-17-6-4-8-20-18(11-12-19(17)20)13-15-29-27-30-16-23-21-7-2-3-10-24(21)31-26-22(25(23)32-27)9-5-14-28-26;1-2-6-16-10-12-17(13-11-16)27-24-26-15-20-18-7-3-4-9-21(18)28-23-19(22(20)29-24)8-5-14-25-23;1-14-8-9-15(19(24)11-14)12-26-23-27-13-18-16-5-2-3-7-20(16)28-22-17(21(18)29-23)6-4-10-25-22;23-15-6-3-5-14(11-15)12-25-22-26-13-18-16-7-1-2-9-19(16)27-21-17(20(18)28-22)8-4-10-24-21;16-15-18-8-11-9-4-1-2-6-12(9)19-14-10(13(11)20-15)5-3-7-17-14/h2-11,14,16H,12-13,15H2,1H3,(H,28,31)(H,29,30,32);3-5,7-15H,2,6H2,1H3,(H,25,28)(H,26,27,29);2-11,13H,12H2,1H3,(H,25,28)(H,26,27,29);1-11,13H,12H2,(H,24,27)(H,25,26,28);1-8H,(H,17,19)(H2,16,18,20). The highest BCUT2D eigenvalue weighted by Gasteiger charge is 2.29. The Balaban J connectivity index is 0.000000103. The minimum Gasteiger partial charge on any atom is -0.368 e. The third-order valence-corrected chi connectivity index (χ3v) is 24.6. The van der Waals surface area contributed by atoms with Gasteiger partial charge < -0.3 is 53.6 Å². The van der Waals surface area contributed by atoms with Gasteiger partial charge in [0.15, 0.2) is 0 Å². The Bertz CT molecular complexity index is 7870. The molecule has 672 valence electrons. The number of fused-ring (bicyclic) bond motifs is 26. The van der Waals surface area contributed by atoms with Crippen LogP contribution in [-0.2, 0) is 25.9 Å². The van der Waals surface area contributed by atoms with Crippen molar-refractivity contribution in [3.05, 3.63) is 385 Å². The van der Waals surface area contributed by atoms with Gasteiger partial charge in [-0.05, 0) is 193 Å². The number of anilines is 16. The summed E-state index contributed by atoms with van der Waals surface area (Å²) in [5.74, 6) is 6.16. The number of halogens is 2. The summed E-state index contributed by atoms with van der Waals surface area (Å²) < 4.78 is 14.1. The van der Waals surface area contributed by atoms with E-state index >= 15 is 0 Å². The quantitative estimate of drug-likeness (QED) is 0.0483.